The summed E-state index contributed by atoms with van der Waals surface area (Å²) in [5, 5.41) is 6.75. The van der Waals surface area contributed by atoms with Crippen molar-refractivity contribution < 1.29 is 4.79 Å². The molecule has 1 saturated heterocycles. The summed E-state index contributed by atoms with van der Waals surface area (Å²) in [4.78, 5) is 11.9. The number of rotatable bonds is 2. The first-order valence-corrected chi connectivity index (χ1v) is 5.85. The third kappa shape index (κ3) is 2.36. The molecule has 1 aromatic rings. The Balaban J connectivity index is 2.08. The molecule has 0 bridgehead atoms. The van der Waals surface area contributed by atoms with Crippen molar-refractivity contribution in [3.63, 3.8) is 0 Å². The smallest absolute Gasteiger partial charge is 0.241 e. The van der Waals surface area contributed by atoms with Gasteiger partial charge in [0.15, 0.2) is 0 Å². The molecule has 0 aliphatic carbocycles. The molecule has 2 rings (SSSR count). The van der Waals surface area contributed by atoms with Gasteiger partial charge in [-0.15, -0.1) is 0 Å². The zero-order valence-corrected chi connectivity index (χ0v) is 9.97. The van der Waals surface area contributed by atoms with Crippen molar-refractivity contribution in [3.05, 3.63) is 28.8 Å². The van der Waals surface area contributed by atoms with Crippen molar-refractivity contribution in [2.45, 2.75) is 25.8 Å². The normalized spacial score (nSPS) is 19.8. The van der Waals surface area contributed by atoms with E-state index in [4.69, 9.17) is 11.6 Å². The van der Waals surface area contributed by atoms with Crippen LogP contribution in [0, 0.1) is 6.92 Å². The van der Waals surface area contributed by atoms with E-state index >= 15 is 0 Å². The van der Waals surface area contributed by atoms with Gasteiger partial charge in [0, 0.05) is 10.7 Å². The van der Waals surface area contributed by atoms with E-state index in [1.807, 2.05) is 25.1 Å². The molecule has 1 aromatic carbocycles. The monoisotopic (exact) mass is 238 g/mol. The van der Waals surface area contributed by atoms with Gasteiger partial charge in [0.2, 0.25) is 5.91 Å². The maximum atomic E-state index is 11.9. The topological polar surface area (TPSA) is 41.1 Å². The summed E-state index contributed by atoms with van der Waals surface area (Å²) in [6, 6.07) is 5.47. The Morgan fingerprint density at radius 2 is 2.38 bits per heavy atom. The van der Waals surface area contributed by atoms with E-state index in [1.165, 1.54) is 0 Å². The highest BCUT2D eigenvalue weighted by molar-refractivity contribution is 6.31. The molecule has 1 aliphatic rings. The molecule has 0 unspecified atom stereocenters. The Morgan fingerprint density at radius 1 is 1.56 bits per heavy atom. The number of hydrogen-bond acceptors (Lipinski definition) is 2. The Morgan fingerprint density at radius 3 is 3.06 bits per heavy atom. The molecule has 0 aromatic heterocycles. The van der Waals surface area contributed by atoms with Crippen LogP contribution in [0.4, 0.5) is 5.69 Å². The van der Waals surface area contributed by atoms with Gasteiger partial charge in [-0.1, -0.05) is 17.7 Å². The molecule has 1 heterocycles. The number of carbonyl (C=O) groups is 1. The number of halogens is 1. The van der Waals surface area contributed by atoms with E-state index in [1.54, 1.807) is 0 Å². The summed E-state index contributed by atoms with van der Waals surface area (Å²) in [5.41, 5.74) is 1.71. The Kier molecular flexibility index (Phi) is 3.46. The van der Waals surface area contributed by atoms with Gasteiger partial charge in [-0.2, -0.15) is 0 Å². The lowest BCUT2D eigenvalue weighted by molar-refractivity contribution is -0.117. The van der Waals surface area contributed by atoms with Crippen LogP contribution in [0.15, 0.2) is 18.2 Å². The fraction of sp³-hybridized carbons (Fsp3) is 0.417. The summed E-state index contributed by atoms with van der Waals surface area (Å²) < 4.78 is 0. The van der Waals surface area contributed by atoms with Crippen LogP contribution in [0.1, 0.15) is 18.4 Å². The SMILES string of the molecule is Cc1c(Cl)cccc1NC(=O)[C@H]1CCCN1. The van der Waals surface area contributed by atoms with Gasteiger partial charge >= 0.3 is 0 Å². The molecule has 3 nitrogen and oxygen atoms in total. The van der Waals surface area contributed by atoms with Crippen LogP contribution in [0.5, 0.6) is 0 Å². The minimum atomic E-state index is -0.0571. The van der Waals surface area contributed by atoms with Crippen molar-refractivity contribution in [1.82, 2.24) is 5.32 Å². The Labute approximate surface area is 100 Å². The first-order valence-electron chi connectivity index (χ1n) is 5.48. The molecule has 2 N–H and O–H groups in total. The molecule has 16 heavy (non-hydrogen) atoms. The van der Waals surface area contributed by atoms with E-state index in [0.717, 1.165) is 30.6 Å². The second-order valence-electron chi connectivity index (χ2n) is 4.05. The number of benzene rings is 1. The van der Waals surface area contributed by atoms with Crippen molar-refractivity contribution in [2.24, 2.45) is 0 Å². The number of anilines is 1. The fourth-order valence-electron chi connectivity index (χ4n) is 1.87. The van der Waals surface area contributed by atoms with Gasteiger partial charge in [-0.3, -0.25) is 4.79 Å². The van der Waals surface area contributed by atoms with Crippen molar-refractivity contribution in [3.8, 4) is 0 Å². The summed E-state index contributed by atoms with van der Waals surface area (Å²) in [6.07, 6.45) is 1.97. The second kappa shape index (κ2) is 4.85. The fourth-order valence-corrected chi connectivity index (χ4v) is 2.05. The lowest BCUT2D eigenvalue weighted by Gasteiger charge is -2.13. The first-order chi connectivity index (χ1) is 7.68. The van der Waals surface area contributed by atoms with E-state index in [0.29, 0.717) is 5.02 Å². The molecule has 4 heteroatoms. The van der Waals surface area contributed by atoms with Crippen LogP contribution in [0.2, 0.25) is 5.02 Å². The lowest BCUT2D eigenvalue weighted by atomic mass is 10.1. The predicted molar refractivity (Wildman–Crippen MR) is 65.8 cm³/mol. The van der Waals surface area contributed by atoms with E-state index < -0.39 is 0 Å². The maximum Gasteiger partial charge on any atom is 0.241 e. The van der Waals surface area contributed by atoms with Crippen molar-refractivity contribution in [1.29, 1.82) is 0 Å². The van der Waals surface area contributed by atoms with Gasteiger partial charge in [0.1, 0.15) is 0 Å². The molecular formula is C12H15ClN2O. The predicted octanol–water partition coefficient (Wildman–Crippen LogP) is 2.34. The minimum Gasteiger partial charge on any atom is -0.324 e. The molecule has 0 saturated carbocycles. The second-order valence-corrected chi connectivity index (χ2v) is 4.46. The highest BCUT2D eigenvalue weighted by atomic mass is 35.5. The van der Waals surface area contributed by atoms with Gasteiger partial charge in [-0.25, -0.2) is 0 Å². The van der Waals surface area contributed by atoms with Crippen LogP contribution in [0.25, 0.3) is 0 Å². The minimum absolute atomic E-state index is 0.0304. The van der Waals surface area contributed by atoms with Crippen molar-refractivity contribution in [2.75, 3.05) is 11.9 Å². The molecule has 1 atom stereocenters. The van der Waals surface area contributed by atoms with Gasteiger partial charge in [0.25, 0.3) is 0 Å². The molecule has 1 fully saturated rings. The number of nitrogens with one attached hydrogen (secondary N) is 2. The standard InChI is InChI=1S/C12H15ClN2O/c1-8-9(13)4-2-5-10(8)15-12(16)11-6-3-7-14-11/h2,4-5,11,14H,3,6-7H2,1H3,(H,15,16)/t11-/m1/s1. The van der Waals surface area contributed by atoms with Crippen LogP contribution >= 0.6 is 11.6 Å². The lowest BCUT2D eigenvalue weighted by Crippen LogP contribution is -2.35. The van der Waals surface area contributed by atoms with Gasteiger partial charge < -0.3 is 10.6 Å². The number of carbonyl (C=O) groups excluding carboxylic acids is 1. The maximum absolute atomic E-state index is 11.9. The van der Waals surface area contributed by atoms with Gasteiger partial charge in [-0.05, 0) is 44.0 Å². The highest BCUT2D eigenvalue weighted by Gasteiger charge is 2.22. The third-order valence-electron chi connectivity index (χ3n) is 2.90. The first kappa shape index (κ1) is 11.4. The largest absolute Gasteiger partial charge is 0.324 e. The van der Waals surface area contributed by atoms with E-state index in [9.17, 15) is 4.79 Å². The van der Waals surface area contributed by atoms with Crippen LogP contribution in [-0.2, 0) is 4.79 Å². The van der Waals surface area contributed by atoms with Crippen LogP contribution in [0.3, 0.4) is 0 Å². The molecule has 86 valence electrons. The quantitative estimate of drug-likeness (QED) is 0.831. The third-order valence-corrected chi connectivity index (χ3v) is 3.31. The average molecular weight is 239 g/mol. The summed E-state index contributed by atoms with van der Waals surface area (Å²) in [5.74, 6) is 0.0304. The van der Waals surface area contributed by atoms with Crippen LogP contribution < -0.4 is 10.6 Å². The summed E-state index contributed by atoms with van der Waals surface area (Å²) in [7, 11) is 0. The summed E-state index contributed by atoms with van der Waals surface area (Å²) >= 11 is 5.99. The van der Waals surface area contributed by atoms with E-state index in [2.05, 4.69) is 10.6 Å². The molecule has 1 amide bonds. The van der Waals surface area contributed by atoms with Crippen molar-refractivity contribution >= 4 is 23.2 Å². The molecule has 0 spiro atoms. The number of hydrogen-bond donors (Lipinski definition) is 2. The summed E-state index contributed by atoms with van der Waals surface area (Å²) in [6.45, 7) is 2.83. The number of amides is 1. The molecular weight excluding hydrogens is 224 g/mol. The zero-order chi connectivity index (χ0) is 11.5. The molecule has 1 aliphatic heterocycles. The Hall–Kier alpha value is -1.06. The Bertz CT molecular complexity index is 400. The van der Waals surface area contributed by atoms with Crippen LogP contribution in [-0.4, -0.2) is 18.5 Å². The zero-order valence-electron chi connectivity index (χ0n) is 9.22. The van der Waals surface area contributed by atoms with Gasteiger partial charge in [0.05, 0.1) is 6.04 Å². The highest BCUT2D eigenvalue weighted by Crippen LogP contribution is 2.23. The van der Waals surface area contributed by atoms with E-state index in [-0.39, 0.29) is 11.9 Å². The average Bonchev–Trinajstić information content (AvgIpc) is 2.78. The molecule has 0 radical (unpaired) electrons.